The number of hydrazine groups is 1. The Morgan fingerprint density at radius 3 is 2.79 bits per heavy atom. The molecule has 2 aromatic heterocycles. The summed E-state index contributed by atoms with van der Waals surface area (Å²) in [4.78, 5) is 23.1. The fourth-order valence-electron chi connectivity index (χ4n) is 4.64. The zero-order valence-corrected chi connectivity index (χ0v) is 20.5. The number of halogens is 1. The highest BCUT2D eigenvalue weighted by Gasteiger charge is 2.36. The van der Waals surface area contributed by atoms with Gasteiger partial charge in [0.25, 0.3) is 0 Å². The Kier molecular flexibility index (Phi) is 6.42. The van der Waals surface area contributed by atoms with Crippen molar-refractivity contribution in [3.05, 3.63) is 40.7 Å². The van der Waals surface area contributed by atoms with Crippen LogP contribution in [0, 0.1) is 5.92 Å². The van der Waals surface area contributed by atoms with E-state index in [-0.39, 0.29) is 5.91 Å². The van der Waals surface area contributed by atoms with Crippen molar-refractivity contribution in [1.82, 2.24) is 24.8 Å². The zero-order valence-electron chi connectivity index (χ0n) is 19.8. The lowest BCUT2D eigenvalue weighted by molar-refractivity contribution is -0.116. The van der Waals surface area contributed by atoms with Crippen molar-refractivity contribution in [2.45, 2.75) is 39.7 Å². The highest BCUT2D eigenvalue weighted by atomic mass is 35.5. The maximum Gasteiger partial charge on any atom is 0.242 e. The molecule has 3 aromatic rings. The van der Waals surface area contributed by atoms with Crippen molar-refractivity contribution in [1.29, 1.82) is 0 Å². The van der Waals surface area contributed by atoms with Gasteiger partial charge in [-0.15, -0.1) is 0 Å². The highest BCUT2D eigenvalue weighted by Crippen LogP contribution is 2.40. The Labute approximate surface area is 204 Å². The van der Waals surface area contributed by atoms with E-state index in [9.17, 15) is 4.79 Å². The first-order valence-corrected chi connectivity index (χ1v) is 12.3. The minimum absolute atomic E-state index is 0.117. The van der Waals surface area contributed by atoms with Gasteiger partial charge in [0.15, 0.2) is 5.65 Å². The topological polar surface area (TPSA) is 88.4 Å². The third-order valence-electron chi connectivity index (χ3n) is 6.11. The SMILES string of the molecule is CCCN(c1nc(C2C(=O)Nc3ccc(Cl)cc32)c2cn(CC(C)C)nc2n1)N1CCOCC1. The van der Waals surface area contributed by atoms with Gasteiger partial charge < -0.3 is 10.1 Å². The molecule has 2 aliphatic rings. The summed E-state index contributed by atoms with van der Waals surface area (Å²) < 4.78 is 7.46. The molecule has 4 heterocycles. The van der Waals surface area contributed by atoms with Gasteiger partial charge in [0.05, 0.1) is 24.3 Å². The number of nitrogens with one attached hydrogen (secondary N) is 1. The van der Waals surface area contributed by atoms with Crippen molar-refractivity contribution in [2.24, 2.45) is 5.92 Å². The Morgan fingerprint density at radius 2 is 2.06 bits per heavy atom. The van der Waals surface area contributed by atoms with Crippen LogP contribution < -0.4 is 10.3 Å². The summed E-state index contributed by atoms with van der Waals surface area (Å²) in [5.41, 5.74) is 2.84. The van der Waals surface area contributed by atoms with Gasteiger partial charge in [-0.05, 0) is 36.1 Å². The van der Waals surface area contributed by atoms with E-state index in [2.05, 4.69) is 36.1 Å². The summed E-state index contributed by atoms with van der Waals surface area (Å²) in [7, 11) is 0. The van der Waals surface area contributed by atoms with E-state index < -0.39 is 5.92 Å². The second-order valence-electron chi connectivity index (χ2n) is 9.23. The van der Waals surface area contributed by atoms with Crippen LogP contribution in [-0.4, -0.2) is 63.5 Å². The van der Waals surface area contributed by atoms with Crippen LogP contribution in [-0.2, 0) is 16.1 Å². The second-order valence-corrected chi connectivity index (χ2v) is 9.67. The van der Waals surface area contributed by atoms with Gasteiger partial charge in [-0.2, -0.15) is 10.1 Å². The number of hydrogen-bond donors (Lipinski definition) is 1. The molecule has 180 valence electrons. The molecule has 1 atom stereocenters. The fraction of sp³-hybridized carbons (Fsp3) is 0.500. The molecule has 5 rings (SSSR count). The molecule has 0 radical (unpaired) electrons. The van der Waals surface area contributed by atoms with Crippen molar-refractivity contribution >= 4 is 40.2 Å². The van der Waals surface area contributed by atoms with E-state index >= 15 is 0 Å². The lowest BCUT2D eigenvalue weighted by Crippen LogP contribution is -2.50. The quantitative estimate of drug-likeness (QED) is 0.548. The van der Waals surface area contributed by atoms with Crippen LogP contribution in [0.1, 0.15) is 44.4 Å². The Morgan fingerprint density at radius 1 is 1.26 bits per heavy atom. The Balaban J connectivity index is 1.67. The van der Waals surface area contributed by atoms with E-state index in [1.807, 2.05) is 23.0 Å². The molecule has 1 aromatic carbocycles. The van der Waals surface area contributed by atoms with Crippen LogP contribution in [0.25, 0.3) is 11.0 Å². The molecule has 2 aliphatic heterocycles. The van der Waals surface area contributed by atoms with Crippen LogP contribution in [0.4, 0.5) is 11.6 Å². The van der Waals surface area contributed by atoms with Crippen LogP contribution >= 0.6 is 11.6 Å². The highest BCUT2D eigenvalue weighted by molar-refractivity contribution is 6.31. The number of morpholine rings is 1. The first-order valence-electron chi connectivity index (χ1n) is 11.9. The predicted octanol–water partition coefficient (Wildman–Crippen LogP) is 3.68. The fourth-order valence-corrected chi connectivity index (χ4v) is 4.82. The summed E-state index contributed by atoms with van der Waals surface area (Å²) in [5, 5.41) is 13.5. The van der Waals surface area contributed by atoms with Crippen LogP contribution in [0.2, 0.25) is 5.02 Å². The number of anilines is 2. The molecule has 10 heteroatoms. The maximum absolute atomic E-state index is 13.2. The third-order valence-corrected chi connectivity index (χ3v) is 6.35. The second kappa shape index (κ2) is 9.48. The minimum atomic E-state index is -0.581. The molecule has 9 nitrogen and oxygen atoms in total. The molecule has 1 amide bonds. The molecule has 0 bridgehead atoms. The van der Waals surface area contributed by atoms with Crippen molar-refractivity contribution < 1.29 is 9.53 Å². The lowest BCUT2D eigenvalue weighted by atomic mass is 9.95. The van der Waals surface area contributed by atoms with Crippen LogP contribution in [0.15, 0.2) is 24.4 Å². The number of aromatic nitrogens is 4. The number of amides is 1. The largest absolute Gasteiger partial charge is 0.379 e. The molecule has 34 heavy (non-hydrogen) atoms. The van der Waals surface area contributed by atoms with E-state index in [0.29, 0.717) is 41.4 Å². The predicted molar refractivity (Wildman–Crippen MR) is 132 cm³/mol. The standard InChI is InChI=1S/C24H30ClN7O2/c1-4-7-32(31-8-10-34-11-9-31)24-27-21(18-14-30(13-15(2)3)29-22(18)28-24)20-17-12-16(25)5-6-19(17)26-23(20)33/h5-6,12,14-15,20H,4,7-11,13H2,1-3H3,(H,26,33). The monoisotopic (exact) mass is 483 g/mol. The molecule has 0 spiro atoms. The third kappa shape index (κ3) is 4.35. The molecule has 0 aliphatic carbocycles. The van der Waals surface area contributed by atoms with Gasteiger partial charge in [0.2, 0.25) is 11.9 Å². The summed E-state index contributed by atoms with van der Waals surface area (Å²) in [6.45, 7) is 10.8. The van der Waals surface area contributed by atoms with E-state index in [1.165, 1.54) is 0 Å². The van der Waals surface area contributed by atoms with Gasteiger partial charge in [-0.3, -0.25) is 14.5 Å². The smallest absolute Gasteiger partial charge is 0.242 e. The molecule has 1 fully saturated rings. The number of ether oxygens (including phenoxy) is 1. The summed E-state index contributed by atoms with van der Waals surface area (Å²) in [5.74, 6) is 0.282. The van der Waals surface area contributed by atoms with Gasteiger partial charge >= 0.3 is 0 Å². The van der Waals surface area contributed by atoms with Gasteiger partial charge in [-0.1, -0.05) is 32.4 Å². The zero-order chi connectivity index (χ0) is 23.8. The van der Waals surface area contributed by atoms with Crippen molar-refractivity contribution in [3.8, 4) is 0 Å². The number of rotatable bonds is 7. The van der Waals surface area contributed by atoms with Crippen molar-refractivity contribution in [2.75, 3.05) is 43.2 Å². The van der Waals surface area contributed by atoms with Gasteiger partial charge in [-0.25, -0.2) is 9.99 Å². The number of hydrogen-bond acceptors (Lipinski definition) is 7. The Bertz CT molecular complexity index is 1210. The molecular weight excluding hydrogens is 454 g/mol. The minimum Gasteiger partial charge on any atom is -0.379 e. The molecule has 1 N–H and O–H groups in total. The van der Waals surface area contributed by atoms with Gasteiger partial charge in [0.1, 0.15) is 5.92 Å². The first kappa shape index (κ1) is 23.0. The van der Waals surface area contributed by atoms with Crippen molar-refractivity contribution in [3.63, 3.8) is 0 Å². The first-order chi connectivity index (χ1) is 16.4. The number of fused-ring (bicyclic) bond motifs is 2. The normalized spacial score (nSPS) is 18.5. The Hall–Kier alpha value is -2.75. The molecule has 1 unspecified atom stereocenters. The molecule has 0 saturated carbocycles. The van der Waals surface area contributed by atoms with Crippen LogP contribution in [0.5, 0.6) is 0 Å². The van der Waals surface area contributed by atoms with E-state index in [1.54, 1.807) is 6.07 Å². The number of carbonyl (C=O) groups is 1. The van der Waals surface area contributed by atoms with Gasteiger partial charge in [0, 0.05) is 43.1 Å². The number of benzene rings is 1. The van der Waals surface area contributed by atoms with Crippen LogP contribution in [0.3, 0.4) is 0 Å². The number of nitrogens with zero attached hydrogens (tertiary/aromatic N) is 6. The number of carbonyl (C=O) groups excluding carboxylic acids is 1. The lowest BCUT2D eigenvalue weighted by Gasteiger charge is -2.37. The van der Waals surface area contributed by atoms with E-state index in [4.69, 9.17) is 31.4 Å². The summed E-state index contributed by atoms with van der Waals surface area (Å²) in [6, 6.07) is 5.47. The maximum atomic E-state index is 13.2. The summed E-state index contributed by atoms with van der Waals surface area (Å²) >= 11 is 6.31. The average molecular weight is 484 g/mol. The average Bonchev–Trinajstić information content (AvgIpc) is 3.36. The molecule has 1 saturated heterocycles. The van der Waals surface area contributed by atoms with E-state index in [0.717, 1.165) is 49.2 Å². The molecular formula is C24H30ClN7O2. The summed E-state index contributed by atoms with van der Waals surface area (Å²) in [6.07, 6.45) is 2.89.